The van der Waals surface area contributed by atoms with E-state index in [0.29, 0.717) is 5.02 Å². The molecule has 0 radical (unpaired) electrons. The van der Waals surface area contributed by atoms with E-state index in [9.17, 15) is 8.42 Å². The molecule has 1 aromatic rings. The van der Waals surface area contributed by atoms with E-state index in [1.165, 1.54) is 24.3 Å². The van der Waals surface area contributed by atoms with Crippen molar-refractivity contribution >= 4 is 73.1 Å². The van der Waals surface area contributed by atoms with Gasteiger partial charge in [-0.1, -0.05) is 11.6 Å². The topological polar surface area (TPSA) is 54.4 Å². The molecule has 0 amide bonds. The summed E-state index contributed by atoms with van der Waals surface area (Å²) in [5.74, 6) is 0. The second-order valence-corrected chi connectivity index (χ2v) is 3.79. The van der Waals surface area contributed by atoms with Crippen molar-refractivity contribution in [3.8, 4) is 0 Å². The molecule has 1 rings (SSSR count). The van der Waals surface area contributed by atoms with E-state index in [1.54, 1.807) is 0 Å². The van der Waals surface area contributed by atoms with E-state index in [-0.39, 0.29) is 56.3 Å². The van der Waals surface area contributed by atoms with Gasteiger partial charge in [0.25, 0.3) is 10.1 Å². The molecule has 0 bridgehead atoms. The van der Waals surface area contributed by atoms with Crippen molar-refractivity contribution in [3.05, 3.63) is 29.3 Å². The summed E-state index contributed by atoms with van der Waals surface area (Å²) < 4.78 is 29.4. The van der Waals surface area contributed by atoms with E-state index in [1.807, 2.05) is 0 Å². The molecule has 0 spiro atoms. The van der Waals surface area contributed by atoms with Gasteiger partial charge in [-0.3, -0.25) is 4.55 Å². The van der Waals surface area contributed by atoms with Gasteiger partial charge in [-0.2, -0.15) is 8.42 Å². The predicted octanol–water partition coefficient (Wildman–Crippen LogP) is 0.938. The van der Waals surface area contributed by atoms with Crippen LogP contribution in [0.3, 0.4) is 0 Å². The molecule has 0 saturated heterocycles. The van der Waals surface area contributed by atoms with Crippen molar-refractivity contribution in [1.29, 1.82) is 0 Å². The van der Waals surface area contributed by atoms with Crippen LogP contribution in [0.4, 0.5) is 0 Å². The Kier molecular flexibility index (Phi) is 5.51. The Morgan fingerprint density at radius 2 is 1.58 bits per heavy atom. The summed E-state index contributed by atoms with van der Waals surface area (Å²) in [7, 11) is -4.08. The molecule has 1 aromatic carbocycles. The Hall–Kier alpha value is 1.06. The zero-order valence-electron chi connectivity index (χ0n) is 5.36. The monoisotopic (exact) mass is 232 g/mol. The van der Waals surface area contributed by atoms with Gasteiger partial charge in [0.2, 0.25) is 0 Å². The molecule has 0 aliphatic carbocycles. The fraction of sp³-hybridized carbons (Fsp3) is 0. The average Bonchev–Trinajstić information content (AvgIpc) is 1.86. The number of hydrogen-bond donors (Lipinski definition) is 1. The minimum absolute atomic E-state index is 0. The predicted molar refractivity (Wildman–Crippen MR) is 48.4 cm³/mol. The molecule has 0 aliphatic rings. The van der Waals surface area contributed by atoms with Crippen LogP contribution in [0.2, 0.25) is 5.02 Å². The van der Waals surface area contributed by atoms with Gasteiger partial charge in [0, 0.05) is 5.02 Å². The van der Waals surface area contributed by atoms with Crippen molar-refractivity contribution in [2.24, 2.45) is 0 Å². The molecule has 1 N–H and O–H groups in total. The standard InChI is InChI=1S/C6H5ClO3S.K.H/c7-5-1-3-6(4-2-5)11(8,9)10;;/h1-4H,(H,8,9,10);;. The van der Waals surface area contributed by atoms with Gasteiger partial charge in [-0.25, -0.2) is 0 Å². The molecule has 0 saturated carbocycles. The first-order valence-corrected chi connectivity index (χ1v) is 4.55. The van der Waals surface area contributed by atoms with Gasteiger partial charge in [0.1, 0.15) is 0 Å². The molecule has 0 fully saturated rings. The maximum atomic E-state index is 10.5. The van der Waals surface area contributed by atoms with Crippen LogP contribution in [-0.4, -0.2) is 64.4 Å². The Labute approximate surface area is 118 Å². The number of halogens is 1. The van der Waals surface area contributed by atoms with Crippen LogP contribution < -0.4 is 0 Å². The molecule has 0 heterocycles. The van der Waals surface area contributed by atoms with Gasteiger partial charge >= 0.3 is 51.4 Å². The summed E-state index contributed by atoms with van der Waals surface area (Å²) in [5, 5.41) is 0.428. The minimum atomic E-state index is -4.08. The Morgan fingerprint density at radius 1 is 1.17 bits per heavy atom. The quantitative estimate of drug-likeness (QED) is 0.579. The summed E-state index contributed by atoms with van der Waals surface area (Å²) in [6.07, 6.45) is 0. The third-order valence-electron chi connectivity index (χ3n) is 1.11. The molecule has 0 aromatic heterocycles. The molecule has 12 heavy (non-hydrogen) atoms. The summed E-state index contributed by atoms with van der Waals surface area (Å²) in [6.45, 7) is 0. The molecule has 3 nitrogen and oxygen atoms in total. The van der Waals surface area contributed by atoms with Crippen molar-refractivity contribution in [2.45, 2.75) is 4.90 Å². The van der Waals surface area contributed by atoms with Crippen molar-refractivity contribution in [3.63, 3.8) is 0 Å². The zero-order valence-corrected chi connectivity index (χ0v) is 6.93. The summed E-state index contributed by atoms with van der Waals surface area (Å²) in [6, 6.07) is 5.25. The zero-order chi connectivity index (χ0) is 8.48. The number of rotatable bonds is 1. The van der Waals surface area contributed by atoms with E-state index in [4.69, 9.17) is 16.2 Å². The maximum absolute atomic E-state index is 10.5. The van der Waals surface area contributed by atoms with Gasteiger partial charge < -0.3 is 0 Å². The Balaban J connectivity index is 0.00000121. The number of hydrogen-bond acceptors (Lipinski definition) is 2. The van der Waals surface area contributed by atoms with Gasteiger partial charge in [0.05, 0.1) is 4.90 Å². The van der Waals surface area contributed by atoms with Gasteiger partial charge in [0.15, 0.2) is 0 Å². The second-order valence-electron chi connectivity index (χ2n) is 1.93. The van der Waals surface area contributed by atoms with Crippen LogP contribution in [-0.2, 0) is 10.1 Å². The first-order valence-electron chi connectivity index (χ1n) is 2.73. The fourth-order valence-corrected chi connectivity index (χ4v) is 1.21. The molecular formula is C6H6ClKO3S. The van der Waals surface area contributed by atoms with Crippen LogP contribution in [0.5, 0.6) is 0 Å². The van der Waals surface area contributed by atoms with Crippen molar-refractivity contribution < 1.29 is 13.0 Å². The SMILES string of the molecule is O=S(=O)(O)c1ccc(Cl)cc1.[KH]. The van der Waals surface area contributed by atoms with Crippen LogP contribution >= 0.6 is 11.6 Å². The molecule has 0 atom stereocenters. The Bertz CT molecular complexity index is 346. The van der Waals surface area contributed by atoms with E-state index in [2.05, 4.69) is 0 Å². The molecular weight excluding hydrogens is 227 g/mol. The van der Waals surface area contributed by atoms with E-state index in [0.717, 1.165) is 0 Å². The average molecular weight is 233 g/mol. The van der Waals surface area contributed by atoms with Gasteiger partial charge in [-0.15, -0.1) is 0 Å². The van der Waals surface area contributed by atoms with Crippen LogP contribution in [0.25, 0.3) is 0 Å². The molecule has 62 valence electrons. The molecule has 0 aliphatic heterocycles. The van der Waals surface area contributed by atoms with Gasteiger partial charge in [-0.05, 0) is 24.3 Å². The first-order chi connectivity index (χ1) is 5.00. The summed E-state index contributed by atoms with van der Waals surface area (Å²) >= 11 is 5.49. The molecule has 0 unspecified atom stereocenters. The number of benzene rings is 1. The van der Waals surface area contributed by atoms with E-state index < -0.39 is 10.1 Å². The van der Waals surface area contributed by atoms with Crippen LogP contribution in [0, 0.1) is 0 Å². The molecule has 6 heteroatoms. The third kappa shape index (κ3) is 3.84. The normalized spacial score (nSPS) is 10.5. The summed E-state index contributed by atoms with van der Waals surface area (Å²) in [5.41, 5.74) is 0. The van der Waals surface area contributed by atoms with E-state index >= 15 is 0 Å². The second kappa shape index (κ2) is 5.07. The van der Waals surface area contributed by atoms with Crippen molar-refractivity contribution in [1.82, 2.24) is 0 Å². The fourth-order valence-electron chi connectivity index (χ4n) is 0.607. The van der Waals surface area contributed by atoms with Crippen LogP contribution in [0.1, 0.15) is 0 Å². The van der Waals surface area contributed by atoms with Crippen LogP contribution in [0.15, 0.2) is 29.2 Å². The Morgan fingerprint density at radius 3 is 1.92 bits per heavy atom. The van der Waals surface area contributed by atoms with Crippen molar-refractivity contribution in [2.75, 3.05) is 0 Å². The summed E-state index contributed by atoms with van der Waals surface area (Å²) in [4.78, 5) is -0.151. The third-order valence-corrected chi connectivity index (χ3v) is 2.23. The first kappa shape index (κ1) is 13.1.